The summed E-state index contributed by atoms with van der Waals surface area (Å²) in [5.74, 6) is -5.05. The number of alkyl halides is 2. The lowest BCUT2D eigenvalue weighted by Crippen LogP contribution is -2.24. The summed E-state index contributed by atoms with van der Waals surface area (Å²) in [6.07, 6.45) is 1.17. The molecule has 2 nitrogen and oxygen atoms in total. The molecule has 0 aliphatic heterocycles. The molecule has 0 bridgehead atoms. The highest BCUT2D eigenvalue weighted by atomic mass is 79.9. The summed E-state index contributed by atoms with van der Waals surface area (Å²) in [6.45, 7) is 0.532. The number of hydrogen-bond donors (Lipinski definition) is 0. The van der Waals surface area contributed by atoms with Crippen LogP contribution >= 0.6 is 15.9 Å². The van der Waals surface area contributed by atoms with Crippen LogP contribution in [-0.4, -0.2) is 11.7 Å². The number of hydrogen-bond acceptors (Lipinski definition) is 2. The first-order valence-electron chi connectivity index (χ1n) is 3.08. The van der Waals surface area contributed by atoms with Crippen LogP contribution in [0.25, 0.3) is 0 Å². The van der Waals surface area contributed by atoms with Crippen LogP contribution in [0.15, 0.2) is 21.2 Å². The summed E-state index contributed by atoms with van der Waals surface area (Å²) in [6, 6.07) is 1.39. The molecule has 5 heteroatoms. The second kappa shape index (κ2) is 2.97. The van der Waals surface area contributed by atoms with Crippen LogP contribution in [0.5, 0.6) is 0 Å². The van der Waals surface area contributed by atoms with Crippen LogP contribution in [0.2, 0.25) is 0 Å². The number of rotatable bonds is 2. The van der Waals surface area contributed by atoms with Gasteiger partial charge in [-0.25, -0.2) is 0 Å². The van der Waals surface area contributed by atoms with E-state index in [2.05, 4.69) is 20.3 Å². The van der Waals surface area contributed by atoms with E-state index in [1.165, 1.54) is 12.3 Å². The first-order chi connectivity index (χ1) is 5.43. The van der Waals surface area contributed by atoms with Gasteiger partial charge in [0.05, 0.1) is 10.7 Å². The van der Waals surface area contributed by atoms with Gasteiger partial charge in [-0.1, -0.05) is 0 Å². The summed E-state index contributed by atoms with van der Waals surface area (Å²) in [4.78, 5) is 10.9. The Bertz CT molecular complexity index is 301. The Morgan fingerprint density at radius 1 is 1.67 bits per heavy atom. The predicted molar refractivity (Wildman–Crippen MR) is 41.4 cm³/mol. The van der Waals surface area contributed by atoms with E-state index in [-0.39, 0.29) is 10.2 Å². The molecule has 1 aromatic heterocycles. The zero-order valence-corrected chi connectivity index (χ0v) is 7.69. The topological polar surface area (TPSA) is 30.2 Å². The molecule has 0 amide bonds. The quantitative estimate of drug-likeness (QED) is 0.742. The Morgan fingerprint density at radius 3 is 2.58 bits per heavy atom. The SMILES string of the molecule is CC(F)(F)C(=O)c1occc1Br. The molecule has 0 fully saturated rings. The number of carbonyl (C=O) groups excluding carboxylic acids is 1. The molecular weight excluding hydrogens is 234 g/mol. The van der Waals surface area contributed by atoms with Crippen molar-refractivity contribution in [2.45, 2.75) is 12.8 Å². The lowest BCUT2D eigenvalue weighted by Gasteiger charge is -2.05. The zero-order valence-electron chi connectivity index (χ0n) is 6.11. The third-order valence-electron chi connectivity index (χ3n) is 1.22. The van der Waals surface area contributed by atoms with E-state index < -0.39 is 11.7 Å². The molecule has 12 heavy (non-hydrogen) atoms. The molecule has 1 rings (SSSR count). The van der Waals surface area contributed by atoms with E-state index in [1.54, 1.807) is 0 Å². The fourth-order valence-corrected chi connectivity index (χ4v) is 1.04. The molecular formula is C7H5BrF2O2. The van der Waals surface area contributed by atoms with Gasteiger partial charge in [0, 0.05) is 6.92 Å². The average Bonchev–Trinajstić information content (AvgIpc) is 2.31. The van der Waals surface area contributed by atoms with E-state index in [4.69, 9.17) is 0 Å². The minimum atomic E-state index is -3.39. The van der Waals surface area contributed by atoms with Gasteiger partial charge in [0.1, 0.15) is 0 Å². The lowest BCUT2D eigenvalue weighted by molar-refractivity contribution is 0.0194. The van der Waals surface area contributed by atoms with Crippen LogP contribution in [-0.2, 0) is 0 Å². The summed E-state index contributed by atoms with van der Waals surface area (Å²) < 4.78 is 29.7. The number of halogens is 3. The van der Waals surface area contributed by atoms with Gasteiger partial charge in [-0.15, -0.1) is 0 Å². The fraction of sp³-hybridized carbons (Fsp3) is 0.286. The Balaban J connectivity index is 3.01. The molecule has 0 saturated heterocycles. The molecule has 0 atom stereocenters. The van der Waals surface area contributed by atoms with E-state index in [1.807, 2.05) is 0 Å². The van der Waals surface area contributed by atoms with Crippen molar-refractivity contribution in [2.24, 2.45) is 0 Å². The van der Waals surface area contributed by atoms with Gasteiger partial charge in [-0.05, 0) is 22.0 Å². The molecule has 0 aliphatic carbocycles. The summed E-state index contributed by atoms with van der Waals surface area (Å²) in [5, 5.41) is 0. The largest absolute Gasteiger partial charge is 0.460 e. The summed E-state index contributed by atoms with van der Waals surface area (Å²) >= 11 is 2.91. The van der Waals surface area contributed by atoms with Crippen molar-refractivity contribution >= 4 is 21.7 Å². The van der Waals surface area contributed by atoms with Crippen LogP contribution in [0, 0.1) is 0 Å². The van der Waals surface area contributed by atoms with Crippen LogP contribution in [0.4, 0.5) is 8.78 Å². The molecule has 1 heterocycles. The number of Topliss-reactive ketones (excluding diaryl/α,β-unsaturated/α-hetero) is 1. The lowest BCUT2D eigenvalue weighted by atomic mass is 10.2. The Kier molecular flexibility index (Phi) is 2.32. The van der Waals surface area contributed by atoms with Crippen molar-refractivity contribution in [3.63, 3.8) is 0 Å². The molecule has 0 unspecified atom stereocenters. The average molecular weight is 239 g/mol. The van der Waals surface area contributed by atoms with Gasteiger partial charge in [0.15, 0.2) is 5.76 Å². The summed E-state index contributed by atoms with van der Waals surface area (Å²) in [7, 11) is 0. The van der Waals surface area contributed by atoms with Crippen molar-refractivity contribution < 1.29 is 18.0 Å². The highest BCUT2D eigenvalue weighted by Crippen LogP contribution is 2.25. The van der Waals surface area contributed by atoms with E-state index >= 15 is 0 Å². The third-order valence-corrected chi connectivity index (χ3v) is 1.85. The Morgan fingerprint density at radius 2 is 2.25 bits per heavy atom. The van der Waals surface area contributed by atoms with Crippen molar-refractivity contribution in [1.82, 2.24) is 0 Å². The molecule has 0 saturated carbocycles. The molecule has 0 N–H and O–H groups in total. The maximum Gasteiger partial charge on any atom is 0.310 e. The molecule has 0 radical (unpaired) electrons. The Hall–Kier alpha value is -0.710. The number of ketones is 1. The maximum atomic E-state index is 12.4. The van der Waals surface area contributed by atoms with Crippen LogP contribution in [0.1, 0.15) is 17.5 Å². The van der Waals surface area contributed by atoms with Crippen molar-refractivity contribution in [3.8, 4) is 0 Å². The first kappa shape index (κ1) is 9.38. The minimum Gasteiger partial charge on any atom is -0.460 e. The van der Waals surface area contributed by atoms with Crippen molar-refractivity contribution in [2.75, 3.05) is 0 Å². The molecule has 0 aromatic carbocycles. The molecule has 0 spiro atoms. The normalized spacial score (nSPS) is 11.7. The van der Waals surface area contributed by atoms with Gasteiger partial charge in [-0.3, -0.25) is 4.79 Å². The van der Waals surface area contributed by atoms with Crippen LogP contribution in [0.3, 0.4) is 0 Å². The predicted octanol–water partition coefficient (Wildman–Crippen LogP) is 2.88. The molecule has 0 aliphatic rings. The second-order valence-corrected chi connectivity index (χ2v) is 3.17. The van der Waals surface area contributed by atoms with Gasteiger partial charge >= 0.3 is 5.92 Å². The van der Waals surface area contributed by atoms with Crippen molar-refractivity contribution in [3.05, 3.63) is 22.6 Å². The second-order valence-electron chi connectivity index (χ2n) is 2.32. The van der Waals surface area contributed by atoms with Gasteiger partial charge in [0.25, 0.3) is 5.78 Å². The van der Waals surface area contributed by atoms with Gasteiger partial charge in [-0.2, -0.15) is 8.78 Å². The van der Waals surface area contributed by atoms with E-state index in [0.29, 0.717) is 6.92 Å². The van der Waals surface area contributed by atoms with Gasteiger partial charge in [0.2, 0.25) is 0 Å². The third kappa shape index (κ3) is 1.72. The number of furan rings is 1. The highest BCUT2D eigenvalue weighted by molar-refractivity contribution is 9.10. The van der Waals surface area contributed by atoms with Crippen molar-refractivity contribution in [1.29, 1.82) is 0 Å². The highest BCUT2D eigenvalue weighted by Gasteiger charge is 2.36. The first-order valence-corrected chi connectivity index (χ1v) is 3.88. The molecule has 1 aromatic rings. The zero-order chi connectivity index (χ0) is 9.35. The number of carbonyl (C=O) groups is 1. The maximum absolute atomic E-state index is 12.4. The van der Waals surface area contributed by atoms with E-state index in [9.17, 15) is 13.6 Å². The minimum absolute atomic E-state index is 0.244. The molecule has 66 valence electrons. The van der Waals surface area contributed by atoms with Crippen LogP contribution < -0.4 is 0 Å². The Labute approximate surface area is 75.7 Å². The monoisotopic (exact) mass is 238 g/mol. The fourth-order valence-electron chi connectivity index (χ4n) is 0.655. The van der Waals surface area contributed by atoms with E-state index in [0.717, 1.165) is 0 Å². The smallest absolute Gasteiger partial charge is 0.310 e. The van der Waals surface area contributed by atoms with Gasteiger partial charge < -0.3 is 4.42 Å². The summed E-state index contributed by atoms with van der Waals surface area (Å²) in [5.41, 5.74) is 0. The standard InChI is InChI=1S/C7H5BrF2O2/c1-7(9,10)6(11)5-4(8)2-3-12-5/h2-3H,1H3.